The van der Waals surface area contributed by atoms with E-state index < -0.39 is 0 Å². The average molecular weight is 421 g/mol. The third-order valence-corrected chi connectivity index (χ3v) is 4.97. The van der Waals surface area contributed by atoms with Gasteiger partial charge in [0.05, 0.1) is 14.2 Å². The zero-order valence-electron chi connectivity index (χ0n) is 17.0. The molecule has 3 aromatic carbocycles. The molecular formula is C24H24N2O3S. The Morgan fingerprint density at radius 3 is 1.70 bits per heavy atom. The highest BCUT2D eigenvalue weighted by Crippen LogP contribution is 2.17. The zero-order chi connectivity index (χ0) is 21.3. The van der Waals surface area contributed by atoms with Crippen LogP contribution in [0.2, 0.25) is 0 Å². The Labute approximate surface area is 182 Å². The van der Waals surface area contributed by atoms with Crippen molar-refractivity contribution in [1.82, 2.24) is 10.2 Å². The number of nitrogens with one attached hydrogen (secondary N) is 1. The van der Waals surface area contributed by atoms with Crippen molar-refractivity contribution in [3.8, 4) is 11.5 Å². The summed E-state index contributed by atoms with van der Waals surface area (Å²) in [5, 5.41) is 3.22. The van der Waals surface area contributed by atoms with Gasteiger partial charge in [-0.3, -0.25) is 10.1 Å². The van der Waals surface area contributed by atoms with Crippen molar-refractivity contribution in [2.45, 2.75) is 13.1 Å². The molecule has 6 heteroatoms. The Balaban J connectivity index is 1.77. The molecule has 3 aromatic rings. The number of rotatable bonds is 7. The van der Waals surface area contributed by atoms with Crippen molar-refractivity contribution in [2.24, 2.45) is 0 Å². The number of ether oxygens (including phenoxy) is 2. The first-order chi connectivity index (χ1) is 14.6. The molecule has 0 saturated heterocycles. The summed E-state index contributed by atoms with van der Waals surface area (Å²) in [5.41, 5.74) is 2.68. The van der Waals surface area contributed by atoms with Crippen molar-refractivity contribution < 1.29 is 14.3 Å². The summed E-state index contributed by atoms with van der Waals surface area (Å²) in [6, 6.07) is 24.6. The Kier molecular flexibility index (Phi) is 7.40. The number of benzene rings is 3. The van der Waals surface area contributed by atoms with E-state index in [4.69, 9.17) is 21.7 Å². The van der Waals surface area contributed by atoms with Gasteiger partial charge in [0.25, 0.3) is 5.91 Å². The standard InChI is InChI=1S/C24H24N2O3S/c1-28-21-12-8-18(9-13-21)16-26(17-19-10-14-22(29-2)15-11-19)24(30)25-23(27)20-6-4-3-5-7-20/h3-15H,16-17H2,1-2H3,(H,25,27,30). The van der Waals surface area contributed by atoms with Crippen LogP contribution in [0, 0.1) is 0 Å². The van der Waals surface area contributed by atoms with Gasteiger partial charge in [-0.15, -0.1) is 0 Å². The molecule has 1 amide bonds. The summed E-state index contributed by atoms with van der Waals surface area (Å²) in [4.78, 5) is 14.5. The second kappa shape index (κ2) is 10.4. The van der Waals surface area contributed by atoms with Gasteiger partial charge in [-0.2, -0.15) is 0 Å². The van der Waals surface area contributed by atoms with E-state index in [1.54, 1.807) is 26.4 Å². The Bertz CT molecular complexity index is 924. The first kappa shape index (κ1) is 21.3. The molecule has 3 rings (SSSR count). The fourth-order valence-electron chi connectivity index (χ4n) is 2.94. The normalized spacial score (nSPS) is 10.2. The highest BCUT2D eigenvalue weighted by atomic mass is 32.1. The molecule has 154 valence electrons. The van der Waals surface area contributed by atoms with E-state index in [0.29, 0.717) is 23.8 Å². The van der Waals surface area contributed by atoms with E-state index in [0.717, 1.165) is 22.6 Å². The first-order valence-corrected chi connectivity index (χ1v) is 9.91. The molecule has 0 bridgehead atoms. The minimum Gasteiger partial charge on any atom is -0.497 e. The third-order valence-electron chi connectivity index (χ3n) is 4.61. The van der Waals surface area contributed by atoms with Crippen LogP contribution in [-0.2, 0) is 13.1 Å². The minimum absolute atomic E-state index is 0.227. The summed E-state index contributed by atoms with van der Waals surface area (Å²) in [7, 11) is 3.28. The van der Waals surface area contributed by atoms with Crippen LogP contribution in [0.1, 0.15) is 21.5 Å². The highest BCUT2D eigenvalue weighted by Gasteiger charge is 2.15. The molecule has 5 nitrogen and oxygen atoms in total. The molecule has 30 heavy (non-hydrogen) atoms. The maximum atomic E-state index is 12.6. The van der Waals surface area contributed by atoms with Gasteiger partial charge in [-0.05, 0) is 59.7 Å². The van der Waals surface area contributed by atoms with E-state index in [2.05, 4.69) is 5.32 Å². The quantitative estimate of drug-likeness (QED) is 0.574. The van der Waals surface area contributed by atoms with Crippen LogP contribution < -0.4 is 14.8 Å². The Hall–Kier alpha value is -3.38. The van der Waals surface area contributed by atoms with E-state index in [9.17, 15) is 4.79 Å². The lowest BCUT2D eigenvalue weighted by molar-refractivity contribution is 0.0972. The summed E-state index contributed by atoms with van der Waals surface area (Å²) >= 11 is 5.59. The molecule has 0 unspecified atom stereocenters. The molecule has 0 fully saturated rings. The van der Waals surface area contributed by atoms with Crippen molar-refractivity contribution in [2.75, 3.05) is 14.2 Å². The van der Waals surface area contributed by atoms with Crippen LogP contribution >= 0.6 is 12.2 Å². The number of hydrogen-bond acceptors (Lipinski definition) is 4. The third kappa shape index (κ3) is 5.81. The maximum absolute atomic E-state index is 12.6. The number of methoxy groups -OCH3 is 2. The van der Waals surface area contributed by atoms with Gasteiger partial charge in [0.1, 0.15) is 11.5 Å². The number of carbonyl (C=O) groups is 1. The fraction of sp³-hybridized carbons (Fsp3) is 0.167. The van der Waals surface area contributed by atoms with Gasteiger partial charge in [-0.25, -0.2) is 0 Å². The van der Waals surface area contributed by atoms with Crippen LogP contribution in [0.25, 0.3) is 0 Å². The second-order valence-electron chi connectivity index (χ2n) is 6.68. The highest BCUT2D eigenvalue weighted by molar-refractivity contribution is 7.80. The number of carbonyl (C=O) groups excluding carboxylic acids is 1. The van der Waals surface area contributed by atoms with Gasteiger partial charge < -0.3 is 14.4 Å². The number of nitrogens with zero attached hydrogens (tertiary/aromatic N) is 1. The number of hydrogen-bond donors (Lipinski definition) is 1. The molecule has 0 aliphatic carbocycles. The SMILES string of the molecule is COc1ccc(CN(Cc2ccc(OC)cc2)C(=S)NC(=O)c2ccccc2)cc1. The average Bonchev–Trinajstić information content (AvgIpc) is 2.80. The predicted octanol–water partition coefficient (Wildman–Crippen LogP) is 4.42. The van der Waals surface area contributed by atoms with Crippen LogP contribution in [0.3, 0.4) is 0 Å². The summed E-state index contributed by atoms with van der Waals surface area (Å²) in [5.74, 6) is 1.36. The zero-order valence-corrected chi connectivity index (χ0v) is 17.8. The van der Waals surface area contributed by atoms with E-state index >= 15 is 0 Å². The van der Waals surface area contributed by atoms with E-state index in [1.807, 2.05) is 71.6 Å². The van der Waals surface area contributed by atoms with Crippen molar-refractivity contribution in [3.63, 3.8) is 0 Å². The molecule has 0 radical (unpaired) electrons. The minimum atomic E-state index is -0.227. The predicted molar refractivity (Wildman–Crippen MR) is 122 cm³/mol. The first-order valence-electron chi connectivity index (χ1n) is 9.50. The topological polar surface area (TPSA) is 50.8 Å². The Morgan fingerprint density at radius 2 is 1.27 bits per heavy atom. The monoisotopic (exact) mass is 420 g/mol. The molecule has 0 atom stereocenters. The summed E-state index contributed by atoms with van der Waals surface area (Å²) in [6.45, 7) is 1.09. The van der Waals surface area contributed by atoms with Crippen molar-refractivity contribution in [3.05, 3.63) is 95.6 Å². The molecule has 0 aliphatic heterocycles. The molecule has 0 aliphatic rings. The lowest BCUT2D eigenvalue weighted by Gasteiger charge is -2.26. The van der Waals surface area contributed by atoms with Crippen LogP contribution in [0.4, 0.5) is 0 Å². The molecule has 0 spiro atoms. The largest absolute Gasteiger partial charge is 0.497 e. The van der Waals surface area contributed by atoms with Crippen LogP contribution in [-0.4, -0.2) is 30.1 Å². The lowest BCUT2D eigenvalue weighted by Crippen LogP contribution is -2.41. The van der Waals surface area contributed by atoms with Gasteiger partial charge in [0.2, 0.25) is 0 Å². The smallest absolute Gasteiger partial charge is 0.257 e. The molecular weight excluding hydrogens is 396 g/mol. The second-order valence-corrected chi connectivity index (χ2v) is 7.06. The molecule has 0 saturated carbocycles. The fourth-order valence-corrected chi connectivity index (χ4v) is 3.16. The summed E-state index contributed by atoms with van der Waals surface area (Å²) in [6.07, 6.45) is 0. The molecule has 1 N–H and O–H groups in total. The molecule has 0 heterocycles. The number of thiocarbonyl (C=S) groups is 1. The molecule has 0 aromatic heterocycles. The van der Waals surface area contributed by atoms with Gasteiger partial charge in [0.15, 0.2) is 5.11 Å². The van der Waals surface area contributed by atoms with Gasteiger partial charge in [0, 0.05) is 18.7 Å². The Morgan fingerprint density at radius 1 is 0.800 bits per heavy atom. The lowest BCUT2D eigenvalue weighted by atomic mass is 10.1. The van der Waals surface area contributed by atoms with Crippen LogP contribution in [0.15, 0.2) is 78.9 Å². The van der Waals surface area contributed by atoms with Gasteiger partial charge in [-0.1, -0.05) is 42.5 Å². The maximum Gasteiger partial charge on any atom is 0.257 e. The van der Waals surface area contributed by atoms with E-state index in [-0.39, 0.29) is 5.91 Å². The van der Waals surface area contributed by atoms with E-state index in [1.165, 1.54) is 0 Å². The van der Waals surface area contributed by atoms with Crippen molar-refractivity contribution >= 4 is 23.2 Å². The van der Waals surface area contributed by atoms with Crippen molar-refractivity contribution in [1.29, 1.82) is 0 Å². The van der Waals surface area contributed by atoms with Crippen LogP contribution in [0.5, 0.6) is 11.5 Å². The summed E-state index contributed by atoms with van der Waals surface area (Å²) < 4.78 is 10.5. The van der Waals surface area contributed by atoms with Gasteiger partial charge >= 0.3 is 0 Å². The number of amides is 1.